The molecule has 0 radical (unpaired) electrons. The third kappa shape index (κ3) is 0.903. The molecule has 0 spiro atoms. The van der Waals surface area contributed by atoms with Crippen LogP contribution in [0.2, 0.25) is 0 Å². The minimum absolute atomic E-state index is 0.247. The zero-order valence-corrected chi connectivity index (χ0v) is 8.82. The van der Waals surface area contributed by atoms with E-state index in [9.17, 15) is 4.79 Å². The van der Waals surface area contributed by atoms with Crippen molar-refractivity contribution >= 4 is 5.78 Å². The van der Waals surface area contributed by atoms with Crippen LogP contribution < -0.4 is 0 Å². The van der Waals surface area contributed by atoms with Gasteiger partial charge in [0.05, 0.1) is 0 Å². The van der Waals surface area contributed by atoms with E-state index in [2.05, 4.69) is 6.92 Å². The van der Waals surface area contributed by atoms with Crippen LogP contribution >= 0.6 is 0 Å². The molecule has 0 aliphatic heterocycles. The number of rotatable bonds is 0. The van der Waals surface area contributed by atoms with Crippen LogP contribution in [0.1, 0.15) is 40.5 Å². The topological polar surface area (TPSA) is 17.1 Å². The monoisotopic (exact) mass is 176 g/mol. The lowest BCUT2D eigenvalue weighted by molar-refractivity contribution is -0.121. The van der Waals surface area contributed by atoms with Gasteiger partial charge >= 0.3 is 0 Å². The molecule has 0 aromatic heterocycles. The maximum Gasteiger partial charge on any atom is 0.168 e. The summed E-state index contributed by atoms with van der Waals surface area (Å²) in [5, 5.41) is 0. The summed E-state index contributed by atoms with van der Waals surface area (Å²) in [6, 6.07) is 0. The summed E-state index contributed by atoms with van der Waals surface area (Å²) in [6.07, 6.45) is 2.29. The lowest BCUT2D eigenvalue weighted by Crippen LogP contribution is -2.34. The molecule has 2 aliphatic rings. The number of carbonyl (C=O) groups excluding carboxylic acids is 1. The molecule has 1 heteroatoms. The summed E-state index contributed by atoms with van der Waals surface area (Å²) >= 11 is 0. The van der Waals surface area contributed by atoms with E-state index in [0.29, 0.717) is 5.78 Å². The van der Waals surface area contributed by atoms with Crippen molar-refractivity contribution in [3.8, 4) is 0 Å². The molecule has 0 bridgehead atoms. The summed E-state index contributed by atoms with van der Waals surface area (Å²) in [7, 11) is 0. The molecule has 1 saturated carbocycles. The second-order valence-corrected chi connectivity index (χ2v) is 4.66. The fraction of sp³-hybridized carbons (Fsp3) is 0.583. The van der Waals surface area contributed by atoms with E-state index in [-0.39, 0.29) is 5.41 Å². The third-order valence-electron chi connectivity index (χ3n) is 3.74. The van der Waals surface area contributed by atoms with Gasteiger partial charge in [-0.1, -0.05) is 5.57 Å². The minimum atomic E-state index is -0.247. The predicted octanol–water partition coefficient (Wildman–Crippen LogP) is 3.02. The second kappa shape index (κ2) is 2.34. The maximum absolute atomic E-state index is 12.0. The number of hydrogen-bond donors (Lipinski definition) is 0. The molecule has 1 nitrogen and oxygen atoms in total. The molecule has 0 aromatic carbocycles. The van der Waals surface area contributed by atoms with Crippen molar-refractivity contribution < 1.29 is 4.79 Å². The minimum Gasteiger partial charge on any atom is -0.294 e. The lowest BCUT2D eigenvalue weighted by Gasteiger charge is -2.39. The van der Waals surface area contributed by atoms with Crippen LogP contribution in [0.4, 0.5) is 0 Å². The highest BCUT2D eigenvalue weighted by molar-refractivity contribution is 6.04. The maximum atomic E-state index is 12.0. The smallest absolute Gasteiger partial charge is 0.168 e. The summed E-state index contributed by atoms with van der Waals surface area (Å²) in [5.41, 5.74) is 4.86. The molecule has 0 N–H and O–H groups in total. The molecule has 2 rings (SSSR count). The molecule has 0 heterocycles. The lowest BCUT2D eigenvalue weighted by atomic mass is 9.64. The third-order valence-corrected chi connectivity index (χ3v) is 3.74. The number of hydrogen-bond acceptors (Lipinski definition) is 1. The quantitative estimate of drug-likeness (QED) is 0.554. The summed E-state index contributed by atoms with van der Waals surface area (Å²) in [6.45, 7) is 8.16. The second-order valence-electron chi connectivity index (χ2n) is 4.66. The van der Waals surface area contributed by atoms with Gasteiger partial charge < -0.3 is 0 Å². The highest BCUT2D eigenvalue weighted by Crippen LogP contribution is 2.48. The molecular formula is C12H16O. The Morgan fingerprint density at radius 1 is 1.08 bits per heavy atom. The normalized spacial score (nSPS) is 26.0. The zero-order valence-electron chi connectivity index (χ0n) is 8.82. The van der Waals surface area contributed by atoms with Gasteiger partial charge in [0, 0.05) is 5.41 Å². The van der Waals surface area contributed by atoms with Crippen LogP contribution in [0.25, 0.3) is 0 Å². The standard InChI is InChI=1S/C12H16O/c1-7-9-5-6-10(9)8(2)12(3,4)11(7)13/h5-6H2,1-4H3. The van der Waals surface area contributed by atoms with Crippen LogP contribution in [0.5, 0.6) is 0 Å². The first-order chi connectivity index (χ1) is 5.96. The van der Waals surface area contributed by atoms with Gasteiger partial charge in [0.1, 0.15) is 0 Å². The van der Waals surface area contributed by atoms with Gasteiger partial charge in [0.2, 0.25) is 0 Å². The van der Waals surface area contributed by atoms with Crippen LogP contribution in [0, 0.1) is 5.41 Å². The van der Waals surface area contributed by atoms with Crippen LogP contribution in [-0.2, 0) is 4.79 Å². The first-order valence-corrected chi connectivity index (χ1v) is 4.91. The fourth-order valence-electron chi connectivity index (χ4n) is 2.36. The van der Waals surface area contributed by atoms with Gasteiger partial charge in [-0.25, -0.2) is 0 Å². The SMILES string of the molecule is CC1=C2CCC2=C(C)C(C)(C)C1=O. The Bertz CT molecular complexity index is 353. The van der Waals surface area contributed by atoms with Crippen molar-refractivity contribution in [1.82, 2.24) is 0 Å². The Hall–Kier alpha value is -0.850. The van der Waals surface area contributed by atoms with E-state index >= 15 is 0 Å². The molecule has 0 unspecified atom stereocenters. The van der Waals surface area contributed by atoms with Gasteiger partial charge in [-0.15, -0.1) is 0 Å². The molecule has 0 saturated heterocycles. The van der Waals surface area contributed by atoms with Crippen LogP contribution in [-0.4, -0.2) is 5.78 Å². The summed E-state index contributed by atoms with van der Waals surface area (Å²) in [4.78, 5) is 12.0. The van der Waals surface area contributed by atoms with Gasteiger partial charge in [-0.05, 0) is 57.3 Å². The molecule has 0 atom stereocenters. The molecule has 70 valence electrons. The molecular weight excluding hydrogens is 160 g/mol. The number of allylic oxidation sites excluding steroid dienone is 4. The molecule has 0 aromatic rings. The van der Waals surface area contributed by atoms with Crippen molar-refractivity contribution in [2.24, 2.45) is 5.41 Å². The molecule has 13 heavy (non-hydrogen) atoms. The van der Waals surface area contributed by atoms with E-state index in [4.69, 9.17) is 0 Å². The molecule has 2 aliphatic carbocycles. The van der Waals surface area contributed by atoms with Gasteiger partial charge in [0.25, 0.3) is 0 Å². The van der Waals surface area contributed by atoms with Crippen molar-refractivity contribution in [1.29, 1.82) is 0 Å². The predicted molar refractivity (Wildman–Crippen MR) is 53.4 cm³/mol. The van der Waals surface area contributed by atoms with E-state index < -0.39 is 0 Å². The average Bonchev–Trinajstić information content (AvgIpc) is 1.98. The first kappa shape index (κ1) is 8.74. The highest BCUT2D eigenvalue weighted by atomic mass is 16.1. The zero-order chi connectivity index (χ0) is 9.80. The summed E-state index contributed by atoms with van der Waals surface area (Å²) < 4.78 is 0. The Kier molecular flexibility index (Phi) is 1.57. The van der Waals surface area contributed by atoms with Gasteiger partial charge in [0.15, 0.2) is 5.78 Å². The highest BCUT2D eigenvalue weighted by Gasteiger charge is 2.40. The number of ketones is 1. The Labute approximate surface area is 79.5 Å². The van der Waals surface area contributed by atoms with Crippen molar-refractivity contribution in [2.75, 3.05) is 0 Å². The number of carbonyl (C=O) groups is 1. The Morgan fingerprint density at radius 3 is 2.08 bits per heavy atom. The average molecular weight is 176 g/mol. The van der Waals surface area contributed by atoms with Crippen molar-refractivity contribution in [3.05, 3.63) is 22.3 Å². The van der Waals surface area contributed by atoms with Crippen molar-refractivity contribution in [3.63, 3.8) is 0 Å². The fourth-order valence-corrected chi connectivity index (χ4v) is 2.36. The Morgan fingerprint density at radius 2 is 1.62 bits per heavy atom. The van der Waals surface area contributed by atoms with Gasteiger partial charge in [-0.2, -0.15) is 0 Å². The Balaban J connectivity index is 2.61. The number of Topliss-reactive ketones (excluding diaryl/α,β-unsaturated/α-hetero) is 1. The largest absolute Gasteiger partial charge is 0.294 e. The van der Waals surface area contributed by atoms with Crippen LogP contribution in [0.3, 0.4) is 0 Å². The van der Waals surface area contributed by atoms with Crippen molar-refractivity contribution in [2.45, 2.75) is 40.5 Å². The van der Waals surface area contributed by atoms with Crippen LogP contribution in [0.15, 0.2) is 22.3 Å². The molecule has 0 amide bonds. The van der Waals surface area contributed by atoms with E-state index in [1.807, 2.05) is 20.8 Å². The molecule has 1 fully saturated rings. The van der Waals surface area contributed by atoms with E-state index in [1.54, 1.807) is 0 Å². The summed E-state index contributed by atoms with van der Waals surface area (Å²) in [5.74, 6) is 0.323. The first-order valence-electron chi connectivity index (χ1n) is 4.91. The van der Waals surface area contributed by atoms with E-state index in [0.717, 1.165) is 12.0 Å². The number of fused-ring (bicyclic) bond motifs is 1. The van der Waals surface area contributed by atoms with Gasteiger partial charge in [-0.3, -0.25) is 4.79 Å². The van der Waals surface area contributed by atoms with E-state index in [1.165, 1.54) is 23.1 Å².